The molecule has 0 aliphatic rings. The summed E-state index contributed by atoms with van der Waals surface area (Å²) in [6, 6.07) is 1.78. The van der Waals surface area contributed by atoms with E-state index in [0.29, 0.717) is 5.56 Å². The Kier molecular flexibility index (Phi) is 7.17. The Balaban J connectivity index is 2.87. The van der Waals surface area contributed by atoms with Crippen molar-refractivity contribution in [3.05, 3.63) is 35.4 Å². The normalized spacial score (nSPS) is 13.8. The number of benzene rings is 1. The summed E-state index contributed by atoms with van der Waals surface area (Å²) in [4.78, 5) is 34.9. The molecule has 1 rings (SSSR count). The third-order valence-electron chi connectivity index (χ3n) is 3.64. The van der Waals surface area contributed by atoms with E-state index in [0.717, 1.165) is 12.1 Å². The molecule has 1 aromatic carbocycles. The molecule has 2 amide bonds. The van der Waals surface area contributed by atoms with Gasteiger partial charge in [0.2, 0.25) is 11.8 Å². The summed E-state index contributed by atoms with van der Waals surface area (Å²) < 4.78 is 37.7. The Bertz CT molecular complexity index is 657. The lowest BCUT2D eigenvalue weighted by molar-refractivity contribution is -0.142. The third kappa shape index (κ3) is 6.38. The fourth-order valence-corrected chi connectivity index (χ4v) is 2.28. The molecule has 0 spiro atoms. The van der Waals surface area contributed by atoms with Crippen molar-refractivity contribution >= 4 is 17.8 Å². The summed E-state index contributed by atoms with van der Waals surface area (Å²) in [6.07, 6.45) is -4.67. The number of amides is 2. The van der Waals surface area contributed by atoms with Gasteiger partial charge in [-0.25, -0.2) is 4.79 Å². The SMILES string of the molecule is CC(=O)N[C@@H](C(=O)N[C@H](Cc1ccc(C(F)(F)F)cc1)C(=O)O)C(C)C. The maximum atomic E-state index is 12.6. The lowest BCUT2D eigenvalue weighted by Gasteiger charge is -2.23. The maximum Gasteiger partial charge on any atom is 0.416 e. The minimum Gasteiger partial charge on any atom is -0.480 e. The second-order valence-corrected chi connectivity index (χ2v) is 6.22. The maximum absolute atomic E-state index is 12.6. The van der Waals surface area contributed by atoms with Crippen LogP contribution in [0.3, 0.4) is 0 Å². The van der Waals surface area contributed by atoms with E-state index >= 15 is 0 Å². The van der Waals surface area contributed by atoms with E-state index in [9.17, 15) is 32.7 Å². The van der Waals surface area contributed by atoms with Crippen LogP contribution in [0.4, 0.5) is 13.2 Å². The molecule has 0 heterocycles. The van der Waals surface area contributed by atoms with Crippen molar-refractivity contribution in [2.24, 2.45) is 5.92 Å². The van der Waals surface area contributed by atoms with Gasteiger partial charge in [-0.2, -0.15) is 13.2 Å². The molecule has 0 aliphatic carbocycles. The Morgan fingerprint density at radius 3 is 2.00 bits per heavy atom. The highest BCUT2D eigenvalue weighted by atomic mass is 19.4. The Morgan fingerprint density at radius 1 is 1.08 bits per heavy atom. The lowest BCUT2D eigenvalue weighted by atomic mass is 10.0. The fourth-order valence-electron chi connectivity index (χ4n) is 2.28. The second kappa shape index (κ2) is 8.68. The van der Waals surface area contributed by atoms with Crippen molar-refractivity contribution in [2.75, 3.05) is 0 Å². The largest absolute Gasteiger partial charge is 0.480 e. The van der Waals surface area contributed by atoms with Crippen molar-refractivity contribution in [1.29, 1.82) is 0 Å². The van der Waals surface area contributed by atoms with Gasteiger partial charge < -0.3 is 15.7 Å². The van der Waals surface area contributed by atoms with E-state index in [2.05, 4.69) is 10.6 Å². The van der Waals surface area contributed by atoms with Crippen LogP contribution in [0.5, 0.6) is 0 Å². The first-order valence-corrected chi connectivity index (χ1v) is 7.88. The average Bonchev–Trinajstić information content (AvgIpc) is 2.50. The summed E-state index contributed by atoms with van der Waals surface area (Å²) in [6.45, 7) is 4.61. The lowest BCUT2D eigenvalue weighted by Crippen LogP contribution is -2.53. The number of aliphatic carboxylic acids is 1. The molecule has 9 heteroatoms. The number of nitrogens with one attached hydrogen (secondary N) is 2. The zero-order valence-corrected chi connectivity index (χ0v) is 14.6. The number of carboxylic acid groups (broad SMARTS) is 1. The third-order valence-corrected chi connectivity index (χ3v) is 3.64. The van der Waals surface area contributed by atoms with Gasteiger partial charge in [-0.05, 0) is 23.6 Å². The minimum absolute atomic E-state index is 0.190. The van der Waals surface area contributed by atoms with Crippen molar-refractivity contribution in [3.63, 3.8) is 0 Å². The molecule has 0 aromatic heterocycles. The quantitative estimate of drug-likeness (QED) is 0.680. The number of halogens is 3. The van der Waals surface area contributed by atoms with Gasteiger partial charge in [0, 0.05) is 13.3 Å². The zero-order valence-electron chi connectivity index (χ0n) is 14.6. The van der Waals surface area contributed by atoms with Gasteiger partial charge in [0.15, 0.2) is 0 Å². The Labute approximate surface area is 148 Å². The van der Waals surface area contributed by atoms with Crippen LogP contribution < -0.4 is 10.6 Å². The predicted molar refractivity (Wildman–Crippen MR) is 87.2 cm³/mol. The fraction of sp³-hybridized carbons (Fsp3) is 0.471. The molecule has 6 nitrogen and oxygen atoms in total. The molecule has 0 aliphatic heterocycles. The number of alkyl halides is 3. The van der Waals surface area contributed by atoms with Crippen LogP contribution in [0.25, 0.3) is 0 Å². The zero-order chi connectivity index (χ0) is 20.1. The first-order valence-electron chi connectivity index (χ1n) is 7.88. The molecule has 1 aromatic rings. The monoisotopic (exact) mass is 374 g/mol. The van der Waals surface area contributed by atoms with Crippen molar-refractivity contribution in [2.45, 2.75) is 45.5 Å². The molecule has 2 atom stereocenters. The molecule has 3 N–H and O–H groups in total. The van der Waals surface area contributed by atoms with Crippen LogP contribution in [0.15, 0.2) is 24.3 Å². The van der Waals surface area contributed by atoms with Crippen LogP contribution in [0, 0.1) is 5.92 Å². The summed E-state index contributed by atoms with van der Waals surface area (Å²) in [5.74, 6) is -2.72. The highest BCUT2D eigenvalue weighted by molar-refractivity contribution is 5.90. The number of carbonyl (C=O) groups is 3. The summed E-state index contributed by atoms with van der Waals surface area (Å²) in [5.41, 5.74) is -0.519. The molecule has 144 valence electrons. The van der Waals surface area contributed by atoms with Gasteiger partial charge in [-0.1, -0.05) is 26.0 Å². The molecular weight excluding hydrogens is 353 g/mol. The second-order valence-electron chi connectivity index (χ2n) is 6.22. The van der Waals surface area contributed by atoms with E-state index < -0.39 is 41.6 Å². The number of hydrogen-bond acceptors (Lipinski definition) is 3. The molecule has 0 saturated heterocycles. The molecule has 0 unspecified atom stereocenters. The Morgan fingerprint density at radius 2 is 1.62 bits per heavy atom. The summed E-state index contributed by atoms with van der Waals surface area (Å²) >= 11 is 0. The van der Waals surface area contributed by atoms with Gasteiger partial charge in [0.25, 0.3) is 0 Å². The van der Waals surface area contributed by atoms with E-state index in [1.807, 2.05) is 0 Å². The van der Waals surface area contributed by atoms with Gasteiger partial charge in [0.1, 0.15) is 12.1 Å². The molecule has 26 heavy (non-hydrogen) atoms. The predicted octanol–water partition coefficient (Wildman–Crippen LogP) is 1.98. The van der Waals surface area contributed by atoms with E-state index in [-0.39, 0.29) is 12.3 Å². The van der Waals surface area contributed by atoms with Crippen LogP contribution in [0.2, 0.25) is 0 Å². The van der Waals surface area contributed by atoms with Crippen molar-refractivity contribution in [1.82, 2.24) is 10.6 Å². The first kappa shape index (κ1) is 21.5. The highest BCUT2D eigenvalue weighted by Gasteiger charge is 2.31. The van der Waals surface area contributed by atoms with Gasteiger partial charge in [-0.15, -0.1) is 0 Å². The number of hydrogen-bond donors (Lipinski definition) is 3. The van der Waals surface area contributed by atoms with Crippen LogP contribution in [0.1, 0.15) is 31.9 Å². The van der Waals surface area contributed by atoms with Gasteiger partial charge in [0.05, 0.1) is 5.56 Å². The topological polar surface area (TPSA) is 95.5 Å². The van der Waals surface area contributed by atoms with Crippen LogP contribution in [-0.2, 0) is 27.0 Å². The summed E-state index contributed by atoms with van der Waals surface area (Å²) in [7, 11) is 0. The smallest absolute Gasteiger partial charge is 0.416 e. The number of carboxylic acids is 1. The number of carbonyl (C=O) groups excluding carboxylic acids is 2. The molecule has 0 saturated carbocycles. The number of rotatable bonds is 7. The standard InChI is InChI=1S/C17H21F3N2O4/c1-9(2)14(21-10(3)23)15(24)22-13(16(25)26)8-11-4-6-12(7-5-11)17(18,19)20/h4-7,9,13-14H,8H2,1-3H3,(H,21,23)(H,22,24)(H,25,26)/t13-,14-/m1/s1. The Hall–Kier alpha value is -2.58. The van der Waals surface area contributed by atoms with E-state index in [4.69, 9.17) is 0 Å². The molecule has 0 fully saturated rings. The minimum atomic E-state index is -4.48. The van der Waals surface area contributed by atoms with E-state index in [1.165, 1.54) is 19.1 Å². The summed E-state index contributed by atoms with van der Waals surface area (Å²) in [5, 5.41) is 14.1. The van der Waals surface area contributed by atoms with Crippen LogP contribution >= 0.6 is 0 Å². The van der Waals surface area contributed by atoms with Crippen molar-refractivity contribution in [3.8, 4) is 0 Å². The molecule has 0 bridgehead atoms. The van der Waals surface area contributed by atoms with Crippen LogP contribution in [-0.4, -0.2) is 35.0 Å². The first-order chi connectivity index (χ1) is 11.9. The van der Waals surface area contributed by atoms with Crippen molar-refractivity contribution < 1.29 is 32.7 Å². The van der Waals surface area contributed by atoms with Gasteiger partial charge in [-0.3, -0.25) is 9.59 Å². The molecule has 0 radical (unpaired) electrons. The van der Waals surface area contributed by atoms with E-state index in [1.54, 1.807) is 13.8 Å². The van der Waals surface area contributed by atoms with Gasteiger partial charge >= 0.3 is 12.1 Å². The average molecular weight is 374 g/mol. The molecular formula is C17H21F3N2O4. The highest BCUT2D eigenvalue weighted by Crippen LogP contribution is 2.29.